The van der Waals surface area contributed by atoms with E-state index >= 15 is 0 Å². The molecule has 7 heteroatoms. The van der Waals surface area contributed by atoms with Crippen molar-refractivity contribution in [1.82, 2.24) is 4.98 Å². The van der Waals surface area contributed by atoms with Crippen LogP contribution in [0.3, 0.4) is 0 Å². The largest absolute Gasteiger partial charge is 0.473 e. The molecular weight excluding hydrogens is 383 g/mol. The van der Waals surface area contributed by atoms with E-state index in [2.05, 4.69) is 26.2 Å². The minimum Gasteiger partial charge on any atom is -0.473 e. The first-order valence-corrected chi connectivity index (χ1v) is 9.03. The fourth-order valence-electron chi connectivity index (χ4n) is 2.18. The van der Waals surface area contributed by atoms with E-state index in [0.717, 1.165) is 17.9 Å². The summed E-state index contributed by atoms with van der Waals surface area (Å²) in [6.07, 6.45) is 2.63. The molecule has 2 heterocycles. The Balaban J connectivity index is 1.71. The molecule has 1 saturated heterocycles. The number of aromatic nitrogens is 1. The minimum absolute atomic E-state index is 0.129. The van der Waals surface area contributed by atoms with Crippen LogP contribution in [0.1, 0.15) is 16.8 Å². The number of pyridine rings is 1. The van der Waals surface area contributed by atoms with Gasteiger partial charge in [0.1, 0.15) is 11.9 Å². The number of nitrogens with one attached hydrogen (secondary N) is 1. The number of carbonyl (C=O) groups is 1. The number of amides is 1. The molecule has 1 aliphatic rings. The van der Waals surface area contributed by atoms with Crippen LogP contribution in [0.2, 0.25) is 0 Å². The van der Waals surface area contributed by atoms with Crippen molar-refractivity contribution >= 4 is 39.3 Å². The normalized spacial score (nSPS) is 17.0. The number of halogens is 2. The van der Waals surface area contributed by atoms with E-state index in [1.165, 1.54) is 18.3 Å². The minimum atomic E-state index is -0.499. The highest BCUT2D eigenvalue weighted by Gasteiger charge is 2.18. The van der Waals surface area contributed by atoms with Gasteiger partial charge < -0.3 is 10.1 Å². The molecule has 1 atom stereocenters. The van der Waals surface area contributed by atoms with E-state index in [1.54, 1.807) is 18.2 Å². The van der Waals surface area contributed by atoms with Crippen molar-refractivity contribution in [2.24, 2.45) is 0 Å². The topological polar surface area (TPSA) is 51.2 Å². The van der Waals surface area contributed by atoms with Crippen LogP contribution in [0.5, 0.6) is 5.88 Å². The van der Waals surface area contributed by atoms with Gasteiger partial charge in [0.2, 0.25) is 5.88 Å². The van der Waals surface area contributed by atoms with Crippen LogP contribution in [0.15, 0.2) is 41.0 Å². The summed E-state index contributed by atoms with van der Waals surface area (Å²) in [5, 5.41) is 2.55. The third kappa shape index (κ3) is 4.23. The molecule has 23 heavy (non-hydrogen) atoms. The molecule has 2 aromatic rings. The highest BCUT2D eigenvalue weighted by Crippen LogP contribution is 2.23. The van der Waals surface area contributed by atoms with Crippen molar-refractivity contribution in [3.63, 3.8) is 0 Å². The third-order valence-electron chi connectivity index (χ3n) is 3.35. The smallest absolute Gasteiger partial charge is 0.255 e. The maximum absolute atomic E-state index is 13.8. The molecule has 1 unspecified atom stereocenters. The summed E-state index contributed by atoms with van der Waals surface area (Å²) >= 11 is 5.02. The zero-order chi connectivity index (χ0) is 16.2. The molecule has 4 nitrogen and oxygen atoms in total. The molecule has 3 rings (SSSR count). The molecule has 1 amide bonds. The van der Waals surface area contributed by atoms with E-state index in [9.17, 15) is 9.18 Å². The van der Waals surface area contributed by atoms with Crippen LogP contribution in [0.4, 0.5) is 10.1 Å². The Hall–Kier alpha value is -1.60. The summed E-state index contributed by atoms with van der Waals surface area (Å²) in [4.78, 5) is 16.4. The Morgan fingerprint density at radius 1 is 1.39 bits per heavy atom. The molecule has 1 aromatic heterocycles. The second kappa shape index (κ2) is 7.31. The number of hydrogen-bond acceptors (Lipinski definition) is 4. The Morgan fingerprint density at radius 3 is 3.00 bits per heavy atom. The lowest BCUT2D eigenvalue weighted by Gasteiger charge is -2.12. The molecule has 1 aromatic carbocycles. The number of hydrogen-bond donors (Lipinski definition) is 1. The molecule has 0 aliphatic carbocycles. The van der Waals surface area contributed by atoms with Crippen molar-refractivity contribution in [2.45, 2.75) is 12.5 Å². The van der Waals surface area contributed by atoms with Crippen LogP contribution in [0.25, 0.3) is 0 Å². The Morgan fingerprint density at radius 2 is 2.26 bits per heavy atom. The van der Waals surface area contributed by atoms with E-state index in [-0.39, 0.29) is 11.8 Å². The third-order valence-corrected chi connectivity index (χ3v) is 4.98. The molecule has 0 bridgehead atoms. The Kier molecular flexibility index (Phi) is 5.17. The Bertz CT molecular complexity index is 723. The van der Waals surface area contributed by atoms with Gasteiger partial charge in [-0.1, -0.05) is 15.9 Å². The van der Waals surface area contributed by atoms with Crippen LogP contribution in [-0.2, 0) is 0 Å². The standard InChI is InChI=1S/C16H14BrFN2O2S/c17-11-1-2-14(13(18)8-11)20-16(21)10-3-5-19-15(7-10)22-12-4-6-23-9-12/h1-3,5,7-8,12H,4,6,9H2,(H,20,21). The zero-order valence-corrected chi connectivity index (χ0v) is 14.5. The lowest BCUT2D eigenvalue weighted by molar-refractivity contribution is 0.102. The second-order valence-electron chi connectivity index (χ2n) is 5.06. The molecular formula is C16H14BrFN2O2S. The van der Waals surface area contributed by atoms with Crippen LogP contribution < -0.4 is 10.1 Å². The summed E-state index contributed by atoms with van der Waals surface area (Å²) in [5.74, 6) is 1.53. The van der Waals surface area contributed by atoms with E-state index in [1.807, 2.05) is 11.8 Å². The average molecular weight is 397 g/mol. The molecule has 120 valence electrons. The number of thioether (sulfide) groups is 1. The average Bonchev–Trinajstić information content (AvgIpc) is 3.03. The zero-order valence-electron chi connectivity index (χ0n) is 12.1. The Labute approximate surface area is 146 Å². The predicted molar refractivity (Wildman–Crippen MR) is 92.6 cm³/mol. The maximum atomic E-state index is 13.8. The SMILES string of the molecule is O=C(Nc1ccc(Br)cc1F)c1ccnc(OC2CCSC2)c1. The molecule has 1 fully saturated rings. The van der Waals surface area contributed by atoms with E-state index < -0.39 is 11.7 Å². The second-order valence-corrected chi connectivity index (χ2v) is 7.13. The molecule has 1 N–H and O–H groups in total. The predicted octanol–water partition coefficient (Wildman–Crippen LogP) is 4.12. The lowest BCUT2D eigenvalue weighted by atomic mass is 10.2. The van der Waals surface area contributed by atoms with Crippen molar-refractivity contribution in [3.8, 4) is 5.88 Å². The molecule has 0 radical (unpaired) electrons. The summed E-state index contributed by atoms with van der Waals surface area (Å²) in [5.41, 5.74) is 0.507. The van der Waals surface area contributed by atoms with Gasteiger partial charge in [-0.05, 0) is 36.4 Å². The fraction of sp³-hybridized carbons (Fsp3) is 0.250. The van der Waals surface area contributed by atoms with Crippen LogP contribution in [0, 0.1) is 5.82 Å². The molecule has 1 aliphatic heterocycles. The van der Waals surface area contributed by atoms with Gasteiger partial charge in [0, 0.05) is 28.1 Å². The lowest BCUT2D eigenvalue weighted by Crippen LogP contribution is -2.17. The molecule has 0 saturated carbocycles. The number of ether oxygens (including phenoxy) is 1. The van der Waals surface area contributed by atoms with Gasteiger partial charge in [-0.2, -0.15) is 11.8 Å². The first-order valence-electron chi connectivity index (χ1n) is 7.08. The number of benzene rings is 1. The van der Waals surface area contributed by atoms with Gasteiger partial charge >= 0.3 is 0 Å². The number of anilines is 1. The highest BCUT2D eigenvalue weighted by molar-refractivity contribution is 9.10. The van der Waals surface area contributed by atoms with Crippen LogP contribution in [-0.4, -0.2) is 28.5 Å². The monoisotopic (exact) mass is 396 g/mol. The van der Waals surface area contributed by atoms with Crippen LogP contribution >= 0.6 is 27.7 Å². The van der Waals surface area contributed by atoms with Crippen molar-refractivity contribution < 1.29 is 13.9 Å². The van der Waals surface area contributed by atoms with Gasteiger partial charge in [0.15, 0.2) is 0 Å². The van der Waals surface area contributed by atoms with Crippen molar-refractivity contribution in [1.29, 1.82) is 0 Å². The van der Waals surface area contributed by atoms with Gasteiger partial charge in [-0.25, -0.2) is 9.37 Å². The summed E-state index contributed by atoms with van der Waals surface area (Å²) < 4.78 is 20.2. The first-order chi connectivity index (χ1) is 11.1. The van der Waals surface area contributed by atoms with Gasteiger partial charge in [-0.15, -0.1) is 0 Å². The van der Waals surface area contributed by atoms with E-state index in [4.69, 9.17) is 4.74 Å². The number of rotatable bonds is 4. The number of carbonyl (C=O) groups excluding carboxylic acids is 1. The van der Waals surface area contributed by atoms with Gasteiger partial charge in [-0.3, -0.25) is 4.79 Å². The summed E-state index contributed by atoms with van der Waals surface area (Å²) in [6.45, 7) is 0. The van der Waals surface area contributed by atoms with Gasteiger partial charge in [0.25, 0.3) is 5.91 Å². The van der Waals surface area contributed by atoms with Gasteiger partial charge in [0.05, 0.1) is 5.69 Å². The van der Waals surface area contributed by atoms with E-state index in [0.29, 0.717) is 15.9 Å². The highest BCUT2D eigenvalue weighted by atomic mass is 79.9. The molecule has 0 spiro atoms. The summed E-state index contributed by atoms with van der Waals surface area (Å²) in [6, 6.07) is 7.62. The quantitative estimate of drug-likeness (QED) is 0.844. The fourth-order valence-corrected chi connectivity index (χ4v) is 3.60. The number of nitrogens with zero attached hydrogens (tertiary/aromatic N) is 1. The first kappa shape index (κ1) is 16.3. The van der Waals surface area contributed by atoms with Crippen molar-refractivity contribution in [2.75, 3.05) is 16.8 Å². The maximum Gasteiger partial charge on any atom is 0.255 e. The summed E-state index contributed by atoms with van der Waals surface area (Å²) in [7, 11) is 0. The van der Waals surface area contributed by atoms with Crippen molar-refractivity contribution in [3.05, 3.63) is 52.4 Å².